The van der Waals surface area contributed by atoms with Crippen LogP contribution in [0.4, 0.5) is 0 Å². The molecule has 4 aliphatic rings. The van der Waals surface area contributed by atoms with Gasteiger partial charge in [-0.2, -0.15) is 0 Å². The van der Waals surface area contributed by atoms with E-state index in [4.69, 9.17) is 0 Å². The van der Waals surface area contributed by atoms with Gasteiger partial charge in [0.05, 0.1) is 60.4 Å². The Balaban J connectivity index is 0.000000344. The fraction of sp³-hybridized carbons (Fsp3) is 0.458. The molecule has 4 aliphatic carbocycles. The van der Waals surface area contributed by atoms with E-state index in [1.165, 1.54) is 0 Å². The second-order valence-corrected chi connectivity index (χ2v) is 32.8. The Morgan fingerprint density at radius 3 is 1.18 bits per heavy atom. The first-order chi connectivity index (χ1) is 53.5. The van der Waals surface area contributed by atoms with Crippen LogP contribution >= 0.6 is 0 Å². The molecule has 0 bridgehead atoms. The van der Waals surface area contributed by atoms with Crippen molar-refractivity contribution in [3.8, 4) is 67.5 Å². The van der Waals surface area contributed by atoms with Crippen molar-refractivity contribution in [2.75, 3.05) is 0 Å². The van der Waals surface area contributed by atoms with Crippen LogP contribution in [-0.2, 0) is 85.8 Å². The number of rotatable bonds is 13. The minimum absolute atomic E-state index is 0. The van der Waals surface area contributed by atoms with E-state index in [9.17, 15) is 40.9 Å². The summed E-state index contributed by atoms with van der Waals surface area (Å²) in [6.45, 7) is 28.4. The number of benzene rings is 6. The summed E-state index contributed by atoms with van der Waals surface area (Å²) in [6, 6.07) is 69.9. The van der Waals surface area contributed by atoms with Crippen molar-refractivity contribution in [2.24, 2.45) is 52.8 Å². The molecule has 116 heavy (non-hydrogen) atoms. The van der Waals surface area contributed by atoms with Gasteiger partial charge in [0, 0.05) is 139 Å². The Labute approximate surface area is 746 Å². The summed E-state index contributed by atoms with van der Waals surface area (Å²) < 4.78 is 0. The largest absolute Gasteiger partial charge is 0.393 e. The molecule has 0 amide bonds. The van der Waals surface area contributed by atoms with Crippen molar-refractivity contribution in [1.82, 2.24) is 39.9 Å². The Kier molecular flexibility index (Phi) is 48.1. The molecule has 13 atom stereocenters. The average Bonchev–Trinajstić information content (AvgIpc) is 1.66. The van der Waals surface area contributed by atoms with Gasteiger partial charge >= 0.3 is 0 Å². The summed E-state index contributed by atoms with van der Waals surface area (Å²) in [4.78, 5) is 34.2. The fourth-order valence-corrected chi connectivity index (χ4v) is 14.6. The van der Waals surface area contributed by atoms with Gasteiger partial charge in [-0.15, -0.1) is 144 Å². The fourth-order valence-electron chi connectivity index (χ4n) is 14.6. The number of nitrogens with zero attached hydrogens (tertiary/aromatic N) is 8. The first kappa shape index (κ1) is 104. The Hall–Kier alpha value is -6.08. The average molecular weight is 2290 g/mol. The zero-order chi connectivity index (χ0) is 81.3. The second kappa shape index (κ2) is 53.5. The van der Waals surface area contributed by atoms with E-state index < -0.39 is 0 Å². The topological polar surface area (TPSA) is 265 Å². The molecule has 16 nitrogen and oxygen atoms in total. The Bertz CT molecular complexity index is 4090. The maximum Gasteiger partial charge on any atom is 0.106 e. The molecular formula is C96H124Ir4N8O8-4. The van der Waals surface area contributed by atoms with Crippen LogP contribution in [0.5, 0.6) is 0 Å². The van der Waals surface area contributed by atoms with E-state index in [1.807, 2.05) is 223 Å². The summed E-state index contributed by atoms with van der Waals surface area (Å²) in [5.41, 5.74) is 12.9. The van der Waals surface area contributed by atoms with Crippen LogP contribution < -0.4 is 0 Å². The summed E-state index contributed by atoms with van der Waals surface area (Å²) >= 11 is 0. The van der Waals surface area contributed by atoms with Crippen LogP contribution in [-0.4, -0.2) is 130 Å². The molecule has 4 fully saturated rings. The minimum atomic E-state index is -0.369. The molecule has 0 aliphatic heterocycles. The van der Waals surface area contributed by atoms with Gasteiger partial charge in [-0.05, 0) is 129 Å². The number of aryl methyl sites for hydroxylation is 1. The van der Waals surface area contributed by atoms with Gasteiger partial charge in [-0.3, -0.25) is 24.9 Å². The van der Waals surface area contributed by atoms with Gasteiger partial charge in [0.25, 0.3) is 0 Å². The van der Waals surface area contributed by atoms with E-state index in [0.29, 0.717) is 17.7 Å². The van der Waals surface area contributed by atoms with Crippen LogP contribution in [0.15, 0.2) is 207 Å². The summed E-state index contributed by atoms with van der Waals surface area (Å²) in [5, 5.41) is 77.0. The molecule has 4 aromatic heterocycles. The monoisotopic (exact) mass is 2290 g/mol. The molecule has 13 unspecified atom stereocenters. The summed E-state index contributed by atoms with van der Waals surface area (Å²) in [5.74, 6) is 2.59. The number of hydrogen-bond acceptors (Lipinski definition) is 16. The van der Waals surface area contributed by atoms with Crippen molar-refractivity contribution in [1.29, 1.82) is 0 Å². The van der Waals surface area contributed by atoms with Crippen molar-refractivity contribution in [3.63, 3.8) is 0 Å². The number of aromatic nitrogens is 8. The third-order valence-electron chi connectivity index (χ3n) is 21.6. The van der Waals surface area contributed by atoms with Gasteiger partial charge < -0.3 is 40.9 Å². The molecule has 8 N–H and O–H groups in total. The molecule has 14 rings (SSSR count). The molecule has 20 heteroatoms. The van der Waals surface area contributed by atoms with Crippen LogP contribution in [0.2, 0.25) is 0 Å². The Morgan fingerprint density at radius 2 is 0.776 bits per heavy atom. The first-order valence-corrected chi connectivity index (χ1v) is 40.2. The third-order valence-corrected chi connectivity index (χ3v) is 21.6. The number of aliphatic hydroxyl groups is 8. The molecule has 4 radical (unpaired) electrons. The minimum Gasteiger partial charge on any atom is -0.393 e. The van der Waals surface area contributed by atoms with E-state index >= 15 is 0 Å². The molecule has 4 saturated carbocycles. The Morgan fingerprint density at radius 1 is 0.388 bits per heavy atom. The molecule has 10 aromatic rings. The van der Waals surface area contributed by atoms with Crippen LogP contribution in [0.25, 0.3) is 67.5 Å². The molecule has 0 saturated heterocycles. The predicted octanol–water partition coefficient (Wildman–Crippen LogP) is 18.4. The molecular weight excluding hydrogens is 2160 g/mol. The predicted molar refractivity (Wildman–Crippen MR) is 450 cm³/mol. The van der Waals surface area contributed by atoms with Crippen molar-refractivity contribution in [3.05, 3.63) is 243 Å². The maximum atomic E-state index is 10.0. The van der Waals surface area contributed by atoms with Crippen LogP contribution in [0, 0.1) is 83.9 Å². The normalized spacial score (nSPS) is 20.6. The van der Waals surface area contributed by atoms with Gasteiger partial charge in [0.15, 0.2) is 0 Å². The van der Waals surface area contributed by atoms with Gasteiger partial charge in [0.2, 0.25) is 0 Å². The van der Waals surface area contributed by atoms with Crippen LogP contribution in [0.3, 0.4) is 0 Å². The van der Waals surface area contributed by atoms with Crippen molar-refractivity contribution < 1.29 is 121 Å². The van der Waals surface area contributed by atoms with E-state index in [2.05, 4.69) is 113 Å². The summed E-state index contributed by atoms with van der Waals surface area (Å²) in [6.07, 6.45) is 18.2. The summed E-state index contributed by atoms with van der Waals surface area (Å²) in [7, 11) is 0. The SMILES string of the molecule is CC(C)(C)c1cc(-c2[c-]cccc2)ncn1.CC(C)C(O)C1CCCC1O.CC(C)C(O)C1CCCCC1O.CC(C)C1CCCC(C(C)O)C1O.CC(O)C1CCC(C)(C)C1O.Cc1cc(-c2[c-]cccc2)ncn1.[Ir].[Ir].[Ir].[Ir].[c-]1ccccc1-c1cc(-c2ccccc2)ncn1.[c-]1ccccc1-c1ncc(-c2ccccc2)cn1. The van der Waals surface area contributed by atoms with Gasteiger partial charge in [0.1, 0.15) is 19.0 Å². The molecule has 6 aromatic carbocycles. The molecule has 636 valence electrons. The smallest absolute Gasteiger partial charge is 0.106 e. The van der Waals surface area contributed by atoms with E-state index in [0.717, 1.165) is 150 Å². The number of aliphatic hydroxyl groups excluding tert-OH is 8. The van der Waals surface area contributed by atoms with E-state index in [-0.39, 0.29) is 176 Å². The van der Waals surface area contributed by atoms with E-state index in [1.54, 1.807) is 32.8 Å². The molecule has 0 spiro atoms. The third kappa shape index (κ3) is 33.8. The van der Waals surface area contributed by atoms with Gasteiger partial charge in [-0.1, -0.05) is 181 Å². The van der Waals surface area contributed by atoms with Crippen molar-refractivity contribution >= 4 is 0 Å². The molecule has 4 heterocycles. The quantitative estimate of drug-likeness (QED) is 0.0499. The maximum absolute atomic E-state index is 10.0. The first-order valence-electron chi connectivity index (χ1n) is 40.2. The standard InChI is InChI=1S/2C16H11N2.C14H15N2.C11H9N2.C11H22O2.C10H20O2.2C9H18O2.4Ir/c1-3-7-13(8-4-1)15-11-16(18-12-17-15)14-9-5-2-6-10-14;1-3-7-13(8-4-1)15-11-17-16(18-12-15)14-9-5-2-6-10-14;1-14(2,3)13-9-12(15-10-16-13)11-7-5-4-6-8-11;1-9-7-11(13-8-12-9)10-5-3-2-4-6-10;1-7(2)9-5-4-6-10(8(3)12)11(9)13;1-7(2)10(12)8-5-3-4-6-9(8)11;1-6(10)7-4-5-9(2,3)8(7)11;1-6(2)9(11)7-4-3-5-8(7)10;;;;/h2*1-9,11-12H;4-7,9-10H,1-3H3;2-5,7-8H,1H3;7-13H,4-6H2,1-3H3;7-12H,3-6H2,1-2H3;6-8,10-11H,4-5H2,1-3H3;6-11H,3-5H2,1-2H3;;;;/q4*-1;;;;;;;;. The van der Waals surface area contributed by atoms with Crippen molar-refractivity contribution in [2.45, 2.75) is 228 Å². The second-order valence-electron chi connectivity index (χ2n) is 32.8. The zero-order valence-electron chi connectivity index (χ0n) is 69.8. The zero-order valence-corrected chi connectivity index (χ0v) is 79.4. The number of hydrogen-bond donors (Lipinski definition) is 8. The van der Waals surface area contributed by atoms with Crippen LogP contribution in [0.1, 0.15) is 178 Å². The van der Waals surface area contributed by atoms with Gasteiger partial charge in [-0.25, -0.2) is 15.0 Å².